The van der Waals surface area contributed by atoms with Crippen LogP contribution in [0, 0.1) is 19.3 Å². The van der Waals surface area contributed by atoms with Crippen LogP contribution in [0.5, 0.6) is 0 Å². The molecule has 0 saturated heterocycles. The van der Waals surface area contributed by atoms with E-state index in [1.165, 1.54) is 19.3 Å². The first-order valence-corrected chi connectivity index (χ1v) is 6.72. The van der Waals surface area contributed by atoms with Gasteiger partial charge in [-0.3, -0.25) is 0 Å². The van der Waals surface area contributed by atoms with Crippen LogP contribution in [0.4, 0.5) is 5.82 Å². The van der Waals surface area contributed by atoms with Crippen molar-refractivity contribution in [2.45, 2.75) is 59.5 Å². The molecule has 4 heteroatoms. The van der Waals surface area contributed by atoms with Gasteiger partial charge in [-0.25, -0.2) is 0 Å². The van der Waals surface area contributed by atoms with Gasteiger partial charge in [-0.1, -0.05) is 13.8 Å². The first kappa shape index (κ1) is 13.3. The standard InChI is InChI=1S/C14H24N4/c1-9-10(2)17-18-13(12(9)8-15)16-11-5-6-14(3,4)7-11/h11H,5-8,15H2,1-4H3,(H,16,18). The second kappa shape index (κ2) is 4.84. The lowest BCUT2D eigenvalue weighted by Gasteiger charge is -2.20. The molecule has 100 valence electrons. The van der Waals surface area contributed by atoms with Crippen LogP contribution in [-0.2, 0) is 6.54 Å². The number of rotatable bonds is 3. The maximum atomic E-state index is 5.84. The van der Waals surface area contributed by atoms with E-state index in [0.29, 0.717) is 18.0 Å². The van der Waals surface area contributed by atoms with Crippen LogP contribution < -0.4 is 11.1 Å². The molecule has 1 unspecified atom stereocenters. The normalized spacial score (nSPS) is 22.2. The molecule has 0 spiro atoms. The minimum Gasteiger partial charge on any atom is -0.366 e. The lowest BCUT2D eigenvalue weighted by Crippen LogP contribution is -2.21. The molecule has 1 heterocycles. The van der Waals surface area contributed by atoms with E-state index in [-0.39, 0.29) is 0 Å². The van der Waals surface area contributed by atoms with Crippen molar-refractivity contribution in [3.8, 4) is 0 Å². The van der Waals surface area contributed by atoms with Crippen LogP contribution in [0.1, 0.15) is 49.9 Å². The number of aryl methyl sites for hydroxylation is 1. The highest BCUT2D eigenvalue weighted by molar-refractivity contribution is 5.49. The van der Waals surface area contributed by atoms with Crippen LogP contribution in [-0.4, -0.2) is 16.2 Å². The first-order valence-electron chi connectivity index (χ1n) is 6.72. The van der Waals surface area contributed by atoms with E-state index in [0.717, 1.165) is 22.6 Å². The molecular weight excluding hydrogens is 224 g/mol. The van der Waals surface area contributed by atoms with Gasteiger partial charge >= 0.3 is 0 Å². The van der Waals surface area contributed by atoms with Crippen molar-refractivity contribution in [2.24, 2.45) is 11.1 Å². The van der Waals surface area contributed by atoms with Gasteiger partial charge in [-0.15, -0.1) is 5.10 Å². The van der Waals surface area contributed by atoms with E-state index in [1.807, 2.05) is 6.92 Å². The molecule has 18 heavy (non-hydrogen) atoms. The highest BCUT2D eigenvalue weighted by Gasteiger charge is 2.31. The average molecular weight is 248 g/mol. The SMILES string of the molecule is Cc1nnc(NC2CCC(C)(C)C2)c(CN)c1C. The predicted octanol–water partition coefficient (Wildman–Crippen LogP) is 2.54. The molecule has 0 amide bonds. The Morgan fingerprint density at radius 2 is 2.06 bits per heavy atom. The molecule has 2 rings (SSSR count). The maximum absolute atomic E-state index is 5.84. The number of aromatic nitrogens is 2. The van der Waals surface area contributed by atoms with Crippen molar-refractivity contribution >= 4 is 5.82 Å². The zero-order valence-electron chi connectivity index (χ0n) is 11.9. The second-order valence-corrected chi connectivity index (χ2v) is 6.19. The Balaban J connectivity index is 2.17. The molecule has 1 fully saturated rings. The summed E-state index contributed by atoms with van der Waals surface area (Å²) in [5.74, 6) is 0.878. The van der Waals surface area contributed by atoms with Gasteiger partial charge in [0.25, 0.3) is 0 Å². The zero-order chi connectivity index (χ0) is 13.3. The van der Waals surface area contributed by atoms with Crippen molar-refractivity contribution in [3.63, 3.8) is 0 Å². The van der Waals surface area contributed by atoms with Gasteiger partial charge in [-0.2, -0.15) is 5.10 Å². The molecule has 1 aromatic heterocycles. The molecule has 1 aromatic rings. The Morgan fingerprint density at radius 3 is 2.61 bits per heavy atom. The van der Waals surface area contributed by atoms with Crippen molar-refractivity contribution in [1.29, 1.82) is 0 Å². The summed E-state index contributed by atoms with van der Waals surface area (Å²) in [6.45, 7) is 9.20. The van der Waals surface area contributed by atoms with Gasteiger partial charge in [0, 0.05) is 18.2 Å². The minimum absolute atomic E-state index is 0.438. The van der Waals surface area contributed by atoms with Gasteiger partial charge in [0.15, 0.2) is 5.82 Å². The molecule has 0 aromatic carbocycles. The van der Waals surface area contributed by atoms with Crippen LogP contribution in [0.25, 0.3) is 0 Å². The van der Waals surface area contributed by atoms with E-state index in [1.54, 1.807) is 0 Å². The molecule has 1 aliphatic carbocycles. The fraction of sp³-hybridized carbons (Fsp3) is 0.714. The summed E-state index contributed by atoms with van der Waals surface area (Å²) < 4.78 is 0. The summed E-state index contributed by atoms with van der Waals surface area (Å²) in [6, 6.07) is 0.502. The van der Waals surface area contributed by atoms with Crippen molar-refractivity contribution in [1.82, 2.24) is 10.2 Å². The third-order valence-corrected chi connectivity index (χ3v) is 4.09. The Hall–Kier alpha value is -1.16. The van der Waals surface area contributed by atoms with E-state index in [4.69, 9.17) is 5.73 Å². The van der Waals surface area contributed by atoms with Gasteiger partial charge in [0.05, 0.1) is 5.69 Å². The summed E-state index contributed by atoms with van der Waals surface area (Å²) >= 11 is 0. The predicted molar refractivity (Wildman–Crippen MR) is 74.4 cm³/mol. The summed E-state index contributed by atoms with van der Waals surface area (Å²) in [4.78, 5) is 0. The molecule has 0 bridgehead atoms. The largest absolute Gasteiger partial charge is 0.366 e. The summed E-state index contributed by atoms with van der Waals surface area (Å²) in [5.41, 5.74) is 9.51. The van der Waals surface area contributed by atoms with E-state index >= 15 is 0 Å². The minimum atomic E-state index is 0.438. The maximum Gasteiger partial charge on any atom is 0.153 e. The van der Waals surface area contributed by atoms with Crippen molar-refractivity contribution in [3.05, 3.63) is 16.8 Å². The third kappa shape index (κ3) is 2.64. The molecule has 3 N–H and O–H groups in total. The highest BCUT2D eigenvalue weighted by Crippen LogP contribution is 2.38. The smallest absolute Gasteiger partial charge is 0.153 e. The van der Waals surface area contributed by atoms with Crippen LogP contribution >= 0.6 is 0 Å². The molecule has 0 aliphatic heterocycles. The van der Waals surface area contributed by atoms with E-state index < -0.39 is 0 Å². The third-order valence-electron chi connectivity index (χ3n) is 4.09. The van der Waals surface area contributed by atoms with Crippen LogP contribution in [0.15, 0.2) is 0 Å². The molecule has 0 radical (unpaired) electrons. The lowest BCUT2D eigenvalue weighted by molar-refractivity contribution is 0.378. The summed E-state index contributed by atoms with van der Waals surface area (Å²) in [5, 5.41) is 12.0. The van der Waals surface area contributed by atoms with Crippen LogP contribution in [0.2, 0.25) is 0 Å². The Morgan fingerprint density at radius 1 is 1.33 bits per heavy atom. The summed E-state index contributed by atoms with van der Waals surface area (Å²) in [7, 11) is 0. The number of hydrogen-bond acceptors (Lipinski definition) is 4. The topological polar surface area (TPSA) is 63.8 Å². The van der Waals surface area contributed by atoms with Crippen molar-refractivity contribution < 1.29 is 0 Å². The summed E-state index contributed by atoms with van der Waals surface area (Å²) in [6.07, 6.45) is 3.65. The fourth-order valence-electron chi connectivity index (χ4n) is 2.77. The van der Waals surface area contributed by atoms with E-state index in [2.05, 4.69) is 36.3 Å². The first-order chi connectivity index (χ1) is 8.43. The Bertz CT molecular complexity index is 440. The van der Waals surface area contributed by atoms with Gasteiger partial charge in [0.2, 0.25) is 0 Å². The Labute approximate surface area is 109 Å². The monoisotopic (exact) mass is 248 g/mol. The number of nitrogens with zero attached hydrogens (tertiary/aromatic N) is 2. The lowest BCUT2D eigenvalue weighted by atomic mass is 9.92. The van der Waals surface area contributed by atoms with Gasteiger partial charge in [-0.05, 0) is 44.1 Å². The number of anilines is 1. The fourth-order valence-corrected chi connectivity index (χ4v) is 2.77. The van der Waals surface area contributed by atoms with Gasteiger partial charge < -0.3 is 11.1 Å². The molecular formula is C14H24N4. The molecule has 1 saturated carbocycles. The van der Waals surface area contributed by atoms with Gasteiger partial charge in [0.1, 0.15) is 0 Å². The molecule has 1 aliphatic rings. The Kier molecular flexibility index (Phi) is 3.57. The molecule has 4 nitrogen and oxygen atoms in total. The average Bonchev–Trinajstić information content (AvgIpc) is 2.64. The van der Waals surface area contributed by atoms with Crippen molar-refractivity contribution in [2.75, 3.05) is 5.32 Å². The second-order valence-electron chi connectivity index (χ2n) is 6.19. The number of nitrogens with one attached hydrogen (secondary N) is 1. The van der Waals surface area contributed by atoms with Crippen LogP contribution in [0.3, 0.4) is 0 Å². The van der Waals surface area contributed by atoms with E-state index in [9.17, 15) is 0 Å². The highest BCUT2D eigenvalue weighted by atomic mass is 15.2. The number of nitrogens with two attached hydrogens (primary N) is 1. The molecule has 1 atom stereocenters. The number of hydrogen-bond donors (Lipinski definition) is 2. The quantitative estimate of drug-likeness (QED) is 0.863. The zero-order valence-corrected chi connectivity index (χ0v) is 11.9.